The molecule has 0 saturated carbocycles. The molecule has 0 aliphatic carbocycles. The van der Waals surface area contributed by atoms with Crippen LogP contribution in [0.15, 0.2) is 33.7 Å². The quantitative estimate of drug-likeness (QED) is 0.650. The number of benzene rings is 1. The topological polar surface area (TPSA) is 83.7 Å². The first-order chi connectivity index (χ1) is 15.8. The van der Waals surface area contributed by atoms with Crippen LogP contribution in [0.25, 0.3) is 12.2 Å². The summed E-state index contributed by atoms with van der Waals surface area (Å²) < 4.78 is 33.8. The number of hydrogen-bond acceptors (Lipinski definition) is 5. The fourth-order valence-corrected chi connectivity index (χ4v) is 6.50. The van der Waals surface area contributed by atoms with Gasteiger partial charge in [-0.1, -0.05) is 41.1 Å². The van der Waals surface area contributed by atoms with Crippen LogP contribution in [0.2, 0.25) is 0 Å². The SMILES string of the molecule is Cc1ccc(C=Cc2onc(C)c2S(=O)(=O)N2CCC(C(=O)N3CCCCC3C)CC2)cc1. The molecule has 0 N–H and O–H groups in total. The van der Waals surface area contributed by atoms with E-state index in [2.05, 4.69) is 12.1 Å². The lowest BCUT2D eigenvalue weighted by Crippen LogP contribution is -2.48. The third-order valence-electron chi connectivity index (χ3n) is 6.82. The van der Waals surface area contributed by atoms with Crippen molar-refractivity contribution >= 4 is 28.1 Å². The molecule has 33 heavy (non-hydrogen) atoms. The molecule has 3 heterocycles. The van der Waals surface area contributed by atoms with E-state index in [0.717, 1.165) is 30.5 Å². The first kappa shape index (κ1) is 23.7. The summed E-state index contributed by atoms with van der Waals surface area (Å²) in [5.41, 5.74) is 2.45. The molecule has 1 amide bonds. The van der Waals surface area contributed by atoms with Crippen LogP contribution in [0.4, 0.5) is 0 Å². The number of amides is 1. The van der Waals surface area contributed by atoms with Gasteiger partial charge in [-0.2, -0.15) is 4.31 Å². The second kappa shape index (κ2) is 9.81. The Bertz CT molecular complexity index is 1110. The van der Waals surface area contributed by atoms with Gasteiger partial charge in [-0.25, -0.2) is 8.42 Å². The predicted octanol–water partition coefficient (Wildman–Crippen LogP) is 4.26. The molecule has 4 rings (SSSR count). The van der Waals surface area contributed by atoms with Gasteiger partial charge in [0.25, 0.3) is 0 Å². The summed E-state index contributed by atoms with van der Waals surface area (Å²) in [4.78, 5) is 15.1. The molecule has 1 unspecified atom stereocenters. The molecular formula is C25H33N3O4S. The maximum absolute atomic E-state index is 13.5. The van der Waals surface area contributed by atoms with E-state index in [9.17, 15) is 13.2 Å². The van der Waals surface area contributed by atoms with Crippen LogP contribution in [0.1, 0.15) is 61.6 Å². The van der Waals surface area contributed by atoms with E-state index in [-0.39, 0.29) is 28.5 Å². The molecule has 0 radical (unpaired) electrons. The van der Waals surface area contributed by atoms with Crippen LogP contribution in [-0.2, 0) is 14.8 Å². The summed E-state index contributed by atoms with van der Waals surface area (Å²) in [5, 5.41) is 3.92. The number of aromatic nitrogens is 1. The van der Waals surface area contributed by atoms with E-state index in [4.69, 9.17) is 4.52 Å². The molecule has 2 aromatic rings. The van der Waals surface area contributed by atoms with Crippen LogP contribution >= 0.6 is 0 Å². The Hall–Kier alpha value is -2.45. The van der Waals surface area contributed by atoms with Crippen molar-refractivity contribution in [3.8, 4) is 0 Å². The Morgan fingerprint density at radius 2 is 1.73 bits per heavy atom. The Kier molecular flexibility index (Phi) is 7.05. The Balaban J connectivity index is 1.46. The summed E-state index contributed by atoms with van der Waals surface area (Å²) in [5.74, 6) is 0.303. The van der Waals surface area contributed by atoms with Gasteiger partial charge in [0.2, 0.25) is 15.9 Å². The van der Waals surface area contributed by atoms with Gasteiger partial charge in [0.1, 0.15) is 5.69 Å². The number of nitrogens with zero attached hydrogens (tertiary/aromatic N) is 3. The van der Waals surface area contributed by atoms with Crippen molar-refractivity contribution < 1.29 is 17.7 Å². The molecule has 2 saturated heterocycles. The molecule has 2 aliphatic heterocycles. The average Bonchev–Trinajstić information content (AvgIpc) is 3.20. The standard InChI is InChI=1S/C25H33N3O4S/c1-18-7-9-21(10-8-18)11-12-23-24(20(3)26-32-23)33(30,31)27-16-13-22(14-17-27)25(29)28-15-5-4-6-19(28)2/h7-12,19,22H,4-6,13-17H2,1-3H3. The van der Waals surface area contributed by atoms with E-state index in [1.54, 1.807) is 13.0 Å². The van der Waals surface area contributed by atoms with Crippen LogP contribution in [0.3, 0.4) is 0 Å². The smallest absolute Gasteiger partial charge is 0.248 e. The Labute approximate surface area is 196 Å². The van der Waals surface area contributed by atoms with Crippen molar-refractivity contribution in [2.75, 3.05) is 19.6 Å². The Morgan fingerprint density at radius 1 is 1.03 bits per heavy atom. The van der Waals surface area contributed by atoms with Gasteiger partial charge < -0.3 is 9.42 Å². The van der Waals surface area contributed by atoms with Gasteiger partial charge in [0.15, 0.2) is 10.7 Å². The fourth-order valence-electron chi connectivity index (χ4n) is 4.78. The van der Waals surface area contributed by atoms with Crippen molar-refractivity contribution in [1.82, 2.24) is 14.4 Å². The number of aryl methyl sites for hydroxylation is 2. The normalized spacial score (nSPS) is 21.1. The van der Waals surface area contributed by atoms with Gasteiger partial charge in [0, 0.05) is 31.6 Å². The number of carbonyl (C=O) groups excluding carboxylic acids is 1. The lowest BCUT2D eigenvalue weighted by molar-refractivity contribution is -0.140. The van der Waals surface area contributed by atoms with Crippen LogP contribution in [-0.4, -0.2) is 54.4 Å². The van der Waals surface area contributed by atoms with Crippen molar-refractivity contribution in [3.05, 3.63) is 46.8 Å². The maximum Gasteiger partial charge on any atom is 0.248 e. The molecule has 1 aromatic heterocycles. The maximum atomic E-state index is 13.5. The summed E-state index contributed by atoms with van der Waals surface area (Å²) >= 11 is 0. The summed E-state index contributed by atoms with van der Waals surface area (Å²) in [6.45, 7) is 7.24. The molecule has 1 atom stereocenters. The number of piperidine rings is 2. The minimum absolute atomic E-state index is 0.110. The van der Waals surface area contributed by atoms with Gasteiger partial charge in [-0.15, -0.1) is 0 Å². The average molecular weight is 472 g/mol. The molecule has 0 spiro atoms. The molecule has 8 heteroatoms. The first-order valence-electron chi connectivity index (χ1n) is 11.8. The van der Waals surface area contributed by atoms with Gasteiger partial charge in [-0.05, 0) is 64.5 Å². The van der Waals surface area contributed by atoms with E-state index < -0.39 is 10.0 Å². The highest BCUT2D eigenvalue weighted by Crippen LogP contribution is 2.30. The largest absolute Gasteiger partial charge is 0.355 e. The zero-order chi connectivity index (χ0) is 23.6. The second-order valence-corrected chi connectivity index (χ2v) is 11.1. The second-order valence-electron chi connectivity index (χ2n) is 9.26. The zero-order valence-corrected chi connectivity index (χ0v) is 20.5. The monoisotopic (exact) mass is 471 g/mol. The lowest BCUT2D eigenvalue weighted by Gasteiger charge is -2.38. The number of sulfonamides is 1. The molecule has 178 valence electrons. The molecule has 0 bridgehead atoms. The Morgan fingerprint density at radius 3 is 2.39 bits per heavy atom. The summed E-state index contributed by atoms with van der Waals surface area (Å²) in [7, 11) is -3.77. The summed E-state index contributed by atoms with van der Waals surface area (Å²) in [6, 6.07) is 8.20. The molecular weight excluding hydrogens is 438 g/mol. The molecule has 2 aliphatic rings. The van der Waals surface area contributed by atoms with Crippen LogP contribution in [0, 0.1) is 19.8 Å². The number of likely N-dealkylation sites (tertiary alicyclic amines) is 1. The number of rotatable bonds is 5. The lowest BCUT2D eigenvalue weighted by atomic mass is 9.94. The van der Waals surface area contributed by atoms with Crippen molar-refractivity contribution in [2.24, 2.45) is 5.92 Å². The minimum Gasteiger partial charge on any atom is -0.355 e. The van der Waals surface area contributed by atoms with Crippen molar-refractivity contribution in [2.45, 2.75) is 63.8 Å². The van der Waals surface area contributed by atoms with Gasteiger partial charge in [0.05, 0.1) is 0 Å². The van der Waals surface area contributed by atoms with Crippen molar-refractivity contribution in [1.29, 1.82) is 0 Å². The van der Waals surface area contributed by atoms with Gasteiger partial charge >= 0.3 is 0 Å². The number of carbonyl (C=O) groups is 1. The predicted molar refractivity (Wildman–Crippen MR) is 128 cm³/mol. The highest BCUT2D eigenvalue weighted by molar-refractivity contribution is 7.89. The summed E-state index contributed by atoms with van der Waals surface area (Å²) in [6.07, 6.45) is 7.83. The molecule has 7 nitrogen and oxygen atoms in total. The van der Waals surface area contributed by atoms with Crippen molar-refractivity contribution in [3.63, 3.8) is 0 Å². The third-order valence-corrected chi connectivity index (χ3v) is 8.88. The van der Waals surface area contributed by atoms with Crippen LogP contribution < -0.4 is 0 Å². The fraction of sp³-hybridized carbons (Fsp3) is 0.520. The third kappa shape index (κ3) is 5.06. The van der Waals surface area contributed by atoms with E-state index in [1.807, 2.05) is 42.2 Å². The van der Waals surface area contributed by atoms with Gasteiger partial charge in [-0.3, -0.25) is 4.79 Å². The molecule has 1 aromatic carbocycles. The zero-order valence-electron chi connectivity index (χ0n) is 19.7. The number of hydrogen-bond donors (Lipinski definition) is 0. The first-order valence-corrected chi connectivity index (χ1v) is 13.2. The molecule has 2 fully saturated rings. The highest BCUT2D eigenvalue weighted by Gasteiger charge is 2.37. The van der Waals surface area contributed by atoms with Crippen LogP contribution in [0.5, 0.6) is 0 Å². The minimum atomic E-state index is -3.77. The van der Waals surface area contributed by atoms with E-state index in [1.165, 1.54) is 10.7 Å². The highest BCUT2D eigenvalue weighted by atomic mass is 32.2. The van der Waals surface area contributed by atoms with E-state index in [0.29, 0.717) is 31.6 Å². The van der Waals surface area contributed by atoms with E-state index >= 15 is 0 Å².